The Morgan fingerprint density at radius 1 is 1.69 bits per heavy atom. The molecule has 0 fully saturated rings. The summed E-state index contributed by atoms with van der Waals surface area (Å²) < 4.78 is 4.99. The number of hydrogen-bond acceptors (Lipinski definition) is 3. The van der Waals surface area contributed by atoms with Gasteiger partial charge in [0, 0.05) is 31.0 Å². The highest BCUT2D eigenvalue weighted by molar-refractivity contribution is 5.75. The molecule has 1 amide bonds. The SMILES string of the molecule is CCOCCC(=O)NCCN=[N+]=[N-]. The predicted octanol–water partition coefficient (Wildman–Crippen LogP) is 0.839. The number of amides is 1. The van der Waals surface area contributed by atoms with Crippen molar-refractivity contribution >= 4 is 5.91 Å². The van der Waals surface area contributed by atoms with Gasteiger partial charge in [0.2, 0.25) is 5.91 Å². The third kappa shape index (κ3) is 8.65. The largest absolute Gasteiger partial charge is 0.381 e. The Balaban J connectivity index is 3.24. The fraction of sp³-hybridized carbons (Fsp3) is 0.857. The van der Waals surface area contributed by atoms with Crippen molar-refractivity contribution in [2.24, 2.45) is 5.11 Å². The van der Waals surface area contributed by atoms with Crippen LogP contribution in [0.1, 0.15) is 13.3 Å². The number of rotatable bonds is 7. The minimum absolute atomic E-state index is 0.0819. The summed E-state index contributed by atoms with van der Waals surface area (Å²) >= 11 is 0. The molecule has 0 aliphatic rings. The highest BCUT2D eigenvalue weighted by atomic mass is 16.5. The lowest BCUT2D eigenvalue weighted by molar-refractivity contribution is -0.122. The molecular formula is C7H14N4O2. The highest BCUT2D eigenvalue weighted by Gasteiger charge is 1.98. The van der Waals surface area contributed by atoms with Gasteiger partial charge in [0.15, 0.2) is 0 Å². The van der Waals surface area contributed by atoms with Gasteiger partial charge in [-0.25, -0.2) is 0 Å². The van der Waals surface area contributed by atoms with Gasteiger partial charge in [0.05, 0.1) is 6.61 Å². The number of hydrogen-bond donors (Lipinski definition) is 1. The maximum atomic E-state index is 11.0. The quantitative estimate of drug-likeness (QED) is 0.276. The van der Waals surface area contributed by atoms with Crippen molar-refractivity contribution < 1.29 is 9.53 Å². The van der Waals surface area contributed by atoms with Gasteiger partial charge in [-0.3, -0.25) is 4.79 Å². The Kier molecular flexibility index (Phi) is 7.98. The average molecular weight is 186 g/mol. The monoisotopic (exact) mass is 186 g/mol. The van der Waals surface area contributed by atoms with E-state index in [9.17, 15) is 4.79 Å². The molecule has 13 heavy (non-hydrogen) atoms. The van der Waals surface area contributed by atoms with E-state index in [0.717, 1.165) is 0 Å². The van der Waals surface area contributed by atoms with Crippen LogP contribution in [0, 0.1) is 0 Å². The summed E-state index contributed by atoms with van der Waals surface area (Å²) in [6, 6.07) is 0. The number of carbonyl (C=O) groups excluding carboxylic acids is 1. The van der Waals surface area contributed by atoms with E-state index in [1.807, 2.05) is 6.92 Å². The number of carbonyl (C=O) groups is 1. The molecule has 0 aromatic carbocycles. The lowest BCUT2D eigenvalue weighted by atomic mass is 10.4. The summed E-state index contributed by atoms with van der Waals surface area (Å²) in [4.78, 5) is 13.5. The second kappa shape index (κ2) is 8.83. The Bertz CT molecular complexity index is 189. The molecule has 0 atom stereocenters. The maximum Gasteiger partial charge on any atom is 0.222 e. The summed E-state index contributed by atoms with van der Waals surface area (Å²) in [5.41, 5.74) is 7.93. The fourth-order valence-electron chi connectivity index (χ4n) is 0.688. The van der Waals surface area contributed by atoms with Crippen LogP contribution < -0.4 is 5.32 Å². The smallest absolute Gasteiger partial charge is 0.222 e. The Labute approximate surface area is 76.9 Å². The topological polar surface area (TPSA) is 87.1 Å². The maximum absolute atomic E-state index is 11.0. The second-order valence-electron chi connectivity index (χ2n) is 2.25. The summed E-state index contributed by atoms with van der Waals surface area (Å²) in [6.07, 6.45) is 0.351. The predicted molar refractivity (Wildman–Crippen MR) is 48.1 cm³/mol. The normalized spacial score (nSPS) is 9.00. The zero-order valence-electron chi connectivity index (χ0n) is 7.69. The molecule has 0 aromatic rings. The van der Waals surface area contributed by atoms with Crippen molar-refractivity contribution in [1.29, 1.82) is 0 Å². The summed E-state index contributed by atoms with van der Waals surface area (Å²) in [5.74, 6) is -0.0819. The van der Waals surface area contributed by atoms with Gasteiger partial charge >= 0.3 is 0 Å². The third-order valence-electron chi connectivity index (χ3n) is 1.27. The van der Waals surface area contributed by atoms with Crippen molar-refractivity contribution in [2.75, 3.05) is 26.3 Å². The van der Waals surface area contributed by atoms with Crippen LogP contribution in [0.15, 0.2) is 5.11 Å². The molecule has 0 saturated carbocycles. The molecule has 0 aliphatic heterocycles. The van der Waals surface area contributed by atoms with Gasteiger partial charge in [-0.2, -0.15) is 0 Å². The lowest BCUT2D eigenvalue weighted by Crippen LogP contribution is -2.26. The van der Waals surface area contributed by atoms with E-state index < -0.39 is 0 Å². The highest BCUT2D eigenvalue weighted by Crippen LogP contribution is 1.82. The number of ether oxygens (including phenoxy) is 1. The molecule has 0 saturated heterocycles. The molecule has 0 aromatic heterocycles. The number of nitrogens with zero attached hydrogens (tertiary/aromatic N) is 3. The van der Waals surface area contributed by atoms with Gasteiger partial charge in [-0.15, -0.1) is 0 Å². The van der Waals surface area contributed by atoms with E-state index in [2.05, 4.69) is 15.3 Å². The number of nitrogens with one attached hydrogen (secondary N) is 1. The number of azide groups is 1. The standard InChI is InChI=1S/C7H14N4O2/c1-2-13-6-3-7(12)9-4-5-10-11-8/h2-6H2,1H3,(H,9,12). The van der Waals surface area contributed by atoms with Crippen molar-refractivity contribution in [3.8, 4) is 0 Å². The van der Waals surface area contributed by atoms with E-state index >= 15 is 0 Å². The van der Waals surface area contributed by atoms with Gasteiger partial charge in [0.1, 0.15) is 0 Å². The van der Waals surface area contributed by atoms with E-state index in [1.54, 1.807) is 0 Å². The van der Waals surface area contributed by atoms with Crippen molar-refractivity contribution in [1.82, 2.24) is 5.32 Å². The molecule has 74 valence electrons. The zero-order valence-corrected chi connectivity index (χ0v) is 7.69. The molecule has 1 N–H and O–H groups in total. The Morgan fingerprint density at radius 2 is 2.46 bits per heavy atom. The molecule has 0 spiro atoms. The first-order chi connectivity index (χ1) is 6.31. The molecule has 0 radical (unpaired) electrons. The van der Waals surface area contributed by atoms with E-state index in [1.165, 1.54) is 0 Å². The minimum atomic E-state index is -0.0819. The van der Waals surface area contributed by atoms with Crippen LogP contribution in [-0.2, 0) is 9.53 Å². The molecule has 0 bridgehead atoms. The molecule has 6 heteroatoms. The van der Waals surface area contributed by atoms with E-state index in [-0.39, 0.29) is 12.5 Å². The summed E-state index contributed by atoms with van der Waals surface area (Å²) in [6.45, 7) is 3.60. The molecule has 6 nitrogen and oxygen atoms in total. The van der Waals surface area contributed by atoms with Crippen molar-refractivity contribution in [3.05, 3.63) is 10.4 Å². The summed E-state index contributed by atoms with van der Waals surface area (Å²) in [7, 11) is 0. The van der Waals surface area contributed by atoms with Crippen LogP contribution in [0.5, 0.6) is 0 Å². The van der Waals surface area contributed by atoms with Crippen LogP contribution in [-0.4, -0.2) is 32.2 Å². The van der Waals surface area contributed by atoms with Crippen LogP contribution in [0.2, 0.25) is 0 Å². The van der Waals surface area contributed by atoms with E-state index in [0.29, 0.717) is 26.2 Å². The molecular weight excluding hydrogens is 172 g/mol. The van der Waals surface area contributed by atoms with Crippen LogP contribution >= 0.6 is 0 Å². The second-order valence-corrected chi connectivity index (χ2v) is 2.25. The molecule has 0 unspecified atom stereocenters. The lowest BCUT2D eigenvalue weighted by Gasteiger charge is -2.02. The van der Waals surface area contributed by atoms with Crippen molar-refractivity contribution in [2.45, 2.75) is 13.3 Å². The first-order valence-corrected chi connectivity index (χ1v) is 4.16. The fourth-order valence-corrected chi connectivity index (χ4v) is 0.688. The summed E-state index contributed by atoms with van der Waals surface area (Å²) in [5, 5.41) is 5.87. The molecule has 0 rings (SSSR count). The van der Waals surface area contributed by atoms with Gasteiger partial charge < -0.3 is 10.1 Å². The first kappa shape index (κ1) is 11.7. The average Bonchev–Trinajstić information content (AvgIpc) is 2.13. The minimum Gasteiger partial charge on any atom is -0.381 e. The van der Waals surface area contributed by atoms with Crippen molar-refractivity contribution in [3.63, 3.8) is 0 Å². The Morgan fingerprint density at radius 3 is 3.08 bits per heavy atom. The van der Waals surface area contributed by atoms with E-state index in [4.69, 9.17) is 10.3 Å². The van der Waals surface area contributed by atoms with Crippen LogP contribution in [0.3, 0.4) is 0 Å². The third-order valence-corrected chi connectivity index (χ3v) is 1.27. The van der Waals surface area contributed by atoms with Crippen LogP contribution in [0.25, 0.3) is 10.4 Å². The first-order valence-electron chi connectivity index (χ1n) is 4.16. The Hall–Kier alpha value is -1.26. The van der Waals surface area contributed by atoms with Crippen LogP contribution in [0.4, 0.5) is 0 Å². The molecule has 0 heterocycles. The van der Waals surface area contributed by atoms with Gasteiger partial charge in [0.25, 0.3) is 0 Å². The zero-order chi connectivity index (χ0) is 9.94. The van der Waals surface area contributed by atoms with Gasteiger partial charge in [-0.05, 0) is 12.5 Å². The van der Waals surface area contributed by atoms with Gasteiger partial charge in [-0.1, -0.05) is 5.11 Å². The molecule has 0 aliphatic carbocycles.